The molecule has 0 fully saturated rings. The molecule has 0 atom stereocenters. The molecule has 2 nitrogen and oxygen atoms in total. The quantitative estimate of drug-likeness (QED) is 0.673. The third-order valence-electron chi connectivity index (χ3n) is 2.19. The summed E-state index contributed by atoms with van der Waals surface area (Å²) in [6.45, 7) is 2.07. The molecular formula is C14H12N2. The maximum absolute atomic E-state index is 4.13. The summed E-state index contributed by atoms with van der Waals surface area (Å²) in [5, 5.41) is 0. The van der Waals surface area contributed by atoms with E-state index in [1.807, 2.05) is 36.4 Å². The van der Waals surface area contributed by atoms with E-state index in [4.69, 9.17) is 0 Å². The summed E-state index contributed by atoms with van der Waals surface area (Å²) in [4.78, 5) is 8.25. The Morgan fingerprint density at radius 3 is 2.62 bits per heavy atom. The van der Waals surface area contributed by atoms with E-state index in [1.165, 1.54) is 0 Å². The first-order valence-corrected chi connectivity index (χ1v) is 5.26. The summed E-state index contributed by atoms with van der Waals surface area (Å²) in [7, 11) is 0. The van der Waals surface area contributed by atoms with Gasteiger partial charge >= 0.3 is 0 Å². The van der Waals surface area contributed by atoms with Crippen LogP contribution in [-0.2, 0) is 6.42 Å². The van der Waals surface area contributed by atoms with Crippen LogP contribution in [0.15, 0.2) is 42.7 Å². The van der Waals surface area contributed by atoms with Crippen molar-refractivity contribution >= 4 is 0 Å². The van der Waals surface area contributed by atoms with Crippen LogP contribution in [0, 0.1) is 11.8 Å². The largest absolute Gasteiger partial charge is 0.241 e. The van der Waals surface area contributed by atoms with E-state index in [1.54, 1.807) is 6.33 Å². The minimum Gasteiger partial charge on any atom is -0.241 e. The SMILES string of the molecule is CCc1cc(C#Cc2ccccc2)ncn1. The molecule has 16 heavy (non-hydrogen) atoms. The van der Waals surface area contributed by atoms with Gasteiger partial charge in [-0.25, -0.2) is 9.97 Å². The Morgan fingerprint density at radius 1 is 1.06 bits per heavy atom. The van der Waals surface area contributed by atoms with Crippen LogP contribution >= 0.6 is 0 Å². The summed E-state index contributed by atoms with van der Waals surface area (Å²) in [6, 6.07) is 11.8. The molecule has 1 aromatic heterocycles. The topological polar surface area (TPSA) is 25.8 Å². The smallest absolute Gasteiger partial charge is 0.117 e. The van der Waals surface area contributed by atoms with Crippen LogP contribution in [0.5, 0.6) is 0 Å². The highest BCUT2D eigenvalue weighted by atomic mass is 14.8. The second kappa shape index (κ2) is 5.09. The molecule has 78 valence electrons. The van der Waals surface area contributed by atoms with Crippen LogP contribution < -0.4 is 0 Å². The third-order valence-corrected chi connectivity index (χ3v) is 2.19. The van der Waals surface area contributed by atoms with Crippen LogP contribution in [0.25, 0.3) is 0 Å². The zero-order chi connectivity index (χ0) is 11.2. The third kappa shape index (κ3) is 2.68. The summed E-state index contributed by atoms with van der Waals surface area (Å²) in [5.41, 5.74) is 2.79. The highest BCUT2D eigenvalue weighted by Crippen LogP contribution is 1.99. The number of nitrogens with zero attached hydrogens (tertiary/aromatic N) is 2. The number of hydrogen-bond acceptors (Lipinski definition) is 2. The Kier molecular flexibility index (Phi) is 3.30. The maximum Gasteiger partial charge on any atom is 0.117 e. The number of hydrogen-bond donors (Lipinski definition) is 0. The molecule has 0 saturated heterocycles. The molecule has 0 radical (unpaired) electrons. The van der Waals surface area contributed by atoms with Crippen molar-refractivity contribution in [3.63, 3.8) is 0 Å². The van der Waals surface area contributed by atoms with Crippen LogP contribution in [0.4, 0.5) is 0 Å². The average molecular weight is 208 g/mol. The zero-order valence-corrected chi connectivity index (χ0v) is 9.14. The standard InChI is InChI=1S/C14H12N2/c1-2-13-10-14(16-11-15-13)9-8-12-6-4-3-5-7-12/h3-7,10-11H,2H2,1H3. The van der Waals surface area contributed by atoms with Gasteiger partial charge in [-0.15, -0.1) is 0 Å². The molecule has 0 aliphatic heterocycles. The molecule has 0 saturated carbocycles. The Bertz CT molecular complexity index is 521. The van der Waals surface area contributed by atoms with Gasteiger partial charge < -0.3 is 0 Å². The molecule has 1 aromatic carbocycles. The van der Waals surface area contributed by atoms with E-state index in [0.717, 1.165) is 23.4 Å². The molecule has 2 heteroatoms. The van der Waals surface area contributed by atoms with Crippen molar-refractivity contribution in [2.75, 3.05) is 0 Å². The van der Waals surface area contributed by atoms with Crippen molar-refractivity contribution in [2.45, 2.75) is 13.3 Å². The number of benzene rings is 1. The molecule has 1 heterocycles. The summed E-state index contributed by atoms with van der Waals surface area (Å²) >= 11 is 0. The zero-order valence-electron chi connectivity index (χ0n) is 9.14. The van der Waals surface area contributed by atoms with Crippen LogP contribution in [0.2, 0.25) is 0 Å². The number of aromatic nitrogens is 2. The van der Waals surface area contributed by atoms with E-state index in [0.29, 0.717) is 0 Å². The monoisotopic (exact) mass is 208 g/mol. The van der Waals surface area contributed by atoms with Crippen molar-refractivity contribution in [1.29, 1.82) is 0 Å². The Hall–Kier alpha value is -2.14. The van der Waals surface area contributed by atoms with Crippen molar-refractivity contribution in [1.82, 2.24) is 9.97 Å². The van der Waals surface area contributed by atoms with Crippen molar-refractivity contribution in [3.05, 3.63) is 59.7 Å². The molecule has 0 spiro atoms. The van der Waals surface area contributed by atoms with Gasteiger partial charge in [0.25, 0.3) is 0 Å². The fraction of sp³-hybridized carbons (Fsp3) is 0.143. The lowest BCUT2D eigenvalue weighted by Gasteiger charge is -1.94. The lowest BCUT2D eigenvalue weighted by molar-refractivity contribution is 0.991. The van der Waals surface area contributed by atoms with Crippen LogP contribution in [-0.4, -0.2) is 9.97 Å². The first kappa shape index (κ1) is 10.4. The van der Waals surface area contributed by atoms with E-state index < -0.39 is 0 Å². The van der Waals surface area contributed by atoms with Gasteiger partial charge in [0.05, 0.1) is 0 Å². The molecule has 0 amide bonds. The Morgan fingerprint density at radius 2 is 1.88 bits per heavy atom. The van der Waals surface area contributed by atoms with Gasteiger partial charge in [-0.1, -0.05) is 31.0 Å². The fourth-order valence-electron chi connectivity index (χ4n) is 1.32. The highest BCUT2D eigenvalue weighted by Gasteiger charge is 1.92. The first-order chi connectivity index (χ1) is 7.88. The van der Waals surface area contributed by atoms with Crippen molar-refractivity contribution in [2.24, 2.45) is 0 Å². The maximum atomic E-state index is 4.13. The van der Waals surface area contributed by atoms with Gasteiger partial charge in [-0.05, 0) is 30.5 Å². The predicted octanol–water partition coefficient (Wildman–Crippen LogP) is 2.44. The minimum absolute atomic E-state index is 0.774. The van der Waals surface area contributed by atoms with Gasteiger partial charge in [0.2, 0.25) is 0 Å². The summed E-state index contributed by atoms with van der Waals surface area (Å²) in [5.74, 6) is 6.11. The van der Waals surface area contributed by atoms with E-state index in [2.05, 4.69) is 28.7 Å². The molecular weight excluding hydrogens is 196 g/mol. The minimum atomic E-state index is 0.774. The molecule has 0 bridgehead atoms. The van der Waals surface area contributed by atoms with Gasteiger partial charge in [0.15, 0.2) is 0 Å². The van der Waals surface area contributed by atoms with Crippen molar-refractivity contribution < 1.29 is 0 Å². The van der Waals surface area contributed by atoms with Crippen LogP contribution in [0.1, 0.15) is 23.9 Å². The van der Waals surface area contributed by atoms with E-state index >= 15 is 0 Å². The first-order valence-electron chi connectivity index (χ1n) is 5.26. The van der Waals surface area contributed by atoms with Gasteiger partial charge in [-0.3, -0.25) is 0 Å². The van der Waals surface area contributed by atoms with E-state index in [9.17, 15) is 0 Å². The van der Waals surface area contributed by atoms with E-state index in [-0.39, 0.29) is 0 Å². The van der Waals surface area contributed by atoms with Crippen molar-refractivity contribution in [3.8, 4) is 11.8 Å². The second-order valence-electron chi connectivity index (χ2n) is 3.36. The molecule has 0 aliphatic rings. The van der Waals surface area contributed by atoms with Gasteiger partial charge in [0.1, 0.15) is 12.0 Å². The molecule has 2 aromatic rings. The molecule has 0 aliphatic carbocycles. The Labute approximate surface area is 95.4 Å². The lowest BCUT2D eigenvalue weighted by Crippen LogP contribution is -1.90. The van der Waals surface area contributed by atoms with Gasteiger partial charge in [0, 0.05) is 11.3 Å². The number of rotatable bonds is 1. The molecule has 0 unspecified atom stereocenters. The average Bonchev–Trinajstić information content (AvgIpc) is 2.38. The predicted molar refractivity (Wildman–Crippen MR) is 63.8 cm³/mol. The number of aryl methyl sites for hydroxylation is 1. The summed E-state index contributed by atoms with van der Waals surface area (Å²) in [6.07, 6.45) is 2.47. The molecule has 0 N–H and O–H groups in total. The fourth-order valence-corrected chi connectivity index (χ4v) is 1.32. The lowest BCUT2D eigenvalue weighted by atomic mass is 10.2. The van der Waals surface area contributed by atoms with Crippen LogP contribution in [0.3, 0.4) is 0 Å². The normalized spacial score (nSPS) is 9.31. The molecule has 2 rings (SSSR count). The highest BCUT2D eigenvalue weighted by molar-refractivity contribution is 5.39. The summed E-state index contributed by atoms with van der Waals surface area (Å²) < 4.78 is 0. The van der Waals surface area contributed by atoms with Gasteiger partial charge in [-0.2, -0.15) is 0 Å². The Balaban J connectivity index is 2.24. The second-order valence-corrected chi connectivity index (χ2v) is 3.36.